The van der Waals surface area contributed by atoms with Gasteiger partial charge in [-0.25, -0.2) is 0 Å². The van der Waals surface area contributed by atoms with E-state index in [1.54, 1.807) is 18.9 Å². The Morgan fingerprint density at radius 3 is 2.48 bits per heavy atom. The molecule has 2 aromatic rings. The SMILES string of the molecule is COc1ccc(OCC(C)NC(=O)CSCc2ccccc2C)cc1. The maximum absolute atomic E-state index is 12.0. The van der Waals surface area contributed by atoms with Gasteiger partial charge in [-0.1, -0.05) is 24.3 Å². The Bertz CT molecular complexity index is 673. The third-order valence-corrected chi connectivity index (χ3v) is 4.70. The number of carbonyl (C=O) groups excluding carboxylic acids is 1. The molecule has 0 fully saturated rings. The maximum Gasteiger partial charge on any atom is 0.230 e. The summed E-state index contributed by atoms with van der Waals surface area (Å²) in [6.07, 6.45) is 0. The van der Waals surface area contributed by atoms with Gasteiger partial charge in [0.2, 0.25) is 5.91 Å². The van der Waals surface area contributed by atoms with Gasteiger partial charge in [0.1, 0.15) is 18.1 Å². The summed E-state index contributed by atoms with van der Waals surface area (Å²) < 4.78 is 10.8. The Morgan fingerprint density at radius 1 is 1.12 bits per heavy atom. The molecule has 1 N–H and O–H groups in total. The molecule has 0 saturated carbocycles. The van der Waals surface area contributed by atoms with Crippen molar-refractivity contribution in [1.82, 2.24) is 5.32 Å². The summed E-state index contributed by atoms with van der Waals surface area (Å²) in [7, 11) is 1.63. The predicted octanol–water partition coefficient (Wildman–Crippen LogP) is 3.82. The molecular weight excluding hydrogens is 334 g/mol. The summed E-state index contributed by atoms with van der Waals surface area (Å²) in [5.74, 6) is 2.87. The molecule has 0 heterocycles. The molecule has 0 radical (unpaired) electrons. The molecule has 1 amide bonds. The fraction of sp³-hybridized carbons (Fsp3) is 0.350. The molecule has 134 valence electrons. The average molecular weight is 359 g/mol. The van der Waals surface area contributed by atoms with E-state index in [9.17, 15) is 4.79 Å². The van der Waals surface area contributed by atoms with Crippen molar-refractivity contribution >= 4 is 17.7 Å². The van der Waals surface area contributed by atoms with Crippen molar-refractivity contribution < 1.29 is 14.3 Å². The van der Waals surface area contributed by atoms with Gasteiger partial charge in [0.25, 0.3) is 0 Å². The van der Waals surface area contributed by atoms with Gasteiger partial charge in [-0.15, -0.1) is 11.8 Å². The van der Waals surface area contributed by atoms with Crippen molar-refractivity contribution in [1.29, 1.82) is 0 Å². The summed E-state index contributed by atoms with van der Waals surface area (Å²) in [6, 6.07) is 15.6. The second kappa shape index (κ2) is 9.99. The van der Waals surface area contributed by atoms with Crippen molar-refractivity contribution in [2.75, 3.05) is 19.5 Å². The number of ether oxygens (including phenoxy) is 2. The zero-order valence-electron chi connectivity index (χ0n) is 15.0. The predicted molar refractivity (Wildman–Crippen MR) is 103 cm³/mol. The highest BCUT2D eigenvalue weighted by Crippen LogP contribution is 2.17. The highest BCUT2D eigenvalue weighted by molar-refractivity contribution is 7.99. The van der Waals surface area contributed by atoms with E-state index in [0.717, 1.165) is 17.3 Å². The van der Waals surface area contributed by atoms with Crippen molar-refractivity contribution in [2.24, 2.45) is 0 Å². The number of rotatable bonds is 9. The van der Waals surface area contributed by atoms with Gasteiger partial charge < -0.3 is 14.8 Å². The third kappa shape index (κ3) is 6.70. The Hall–Kier alpha value is -2.14. The van der Waals surface area contributed by atoms with Crippen molar-refractivity contribution in [3.63, 3.8) is 0 Å². The summed E-state index contributed by atoms with van der Waals surface area (Å²) in [6.45, 7) is 4.46. The largest absolute Gasteiger partial charge is 0.497 e. The normalized spacial score (nSPS) is 11.6. The minimum atomic E-state index is -0.0475. The smallest absolute Gasteiger partial charge is 0.230 e. The van der Waals surface area contributed by atoms with E-state index in [0.29, 0.717) is 12.4 Å². The van der Waals surface area contributed by atoms with Gasteiger partial charge in [-0.3, -0.25) is 4.79 Å². The first kappa shape index (κ1) is 19.2. The first-order valence-electron chi connectivity index (χ1n) is 8.27. The van der Waals surface area contributed by atoms with Crippen LogP contribution in [0.5, 0.6) is 11.5 Å². The third-order valence-electron chi connectivity index (χ3n) is 3.72. The molecule has 2 aromatic carbocycles. The molecule has 0 saturated heterocycles. The topological polar surface area (TPSA) is 47.6 Å². The summed E-state index contributed by atoms with van der Waals surface area (Å²) >= 11 is 1.62. The molecule has 0 aliphatic heterocycles. The van der Waals surface area contributed by atoms with Crippen LogP contribution in [0.25, 0.3) is 0 Å². The van der Waals surface area contributed by atoms with E-state index in [-0.39, 0.29) is 11.9 Å². The number of thioether (sulfide) groups is 1. The van der Waals surface area contributed by atoms with Gasteiger partial charge in [0.05, 0.1) is 18.9 Å². The quantitative estimate of drug-likeness (QED) is 0.739. The molecule has 1 atom stereocenters. The van der Waals surface area contributed by atoms with E-state index in [1.807, 2.05) is 43.3 Å². The van der Waals surface area contributed by atoms with E-state index < -0.39 is 0 Å². The summed E-state index contributed by atoms with van der Waals surface area (Å²) in [4.78, 5) is 12.0. The van der Waals surface area contributed by atoms with Crippen LogP contribution in [0, 0.1) is 6.92 Å². The Balaban J connectivity index is 1.66. The minimum Gasteiger partial charge on any atom is -0.497 e. The fourth-order valence-electron chi connectivity index (χ4n) is 2.28. The van der Waals surface area contributed by atoms with Crippen molar-refractivity contribution in [3.8, 4) is 11.5 Å². The Labute approximate surface area is 153 Å². The summed E-state index contributed by atoms with van der Waals surface area (Å²) in [5.41, 5.74) is 2.54. The van der Waals surface area contributed by atoms with E-state index in [1.165, 1.54) is 11.1 Å². The molecule has 0 spiro atoms. The molecule has 0 aliphatic carbocycles. The van der Waals surface area contributed by atoms with E-state index in [2.05, 4.69) is 24.4 Å². The molecule has 0 aliphatic rings. The summed E-state index contributed by atoms with van der Waals surface area (Å²) in [5, 5.41) is 2.96. The standard InChI is InChI=1S/C20H25NO3S/c1-15-6-4-5-7-17(15)13-25-14-20(22)21-16(2)12-24-19-10-8-18(23-3)9-11-19/h4-11,16H,12-14H2,1-3H3,(H,21,22). The van der Waals surface area contributed by atoms with Crippen LogP contribution in [0.2, 0.25) is 0 Å². The van der Waals surface area contributed by atoms with Crippen LogP contribution >= 0.6 is 11.8 Å². The van der Waals surface area contributed by atoms with Crippen molar-refractivity contribution in [3.05, 3.63) is 59.7 Å². The van der Waals surface area contributed by atoms with Crippen LogP contribution in [-0.4, -0.2) is 31.4 Å². The second-order valence-electron chi connectivity index (χ2n) is 5.87. The monoisotopic (exact) mass is 359 g/mol. The van der Waals surface area contributed by atoms with Crippen molar-refractivity contribution in [2.45, 2.75) is 25.6 Å². The highest BCUT2D eigenvalue weighted by atomic mass is 32.2. The number of amides is 1. The molecule has 25 heavy (non-hydrogen) atoms. The maximum atomic E-state index is 12.0. The van der Waals surface area contributed by atoms with Gasteiger partial charge in [0, 0.05) is 5.75 Å². The minimum absolute atomic E-state index is 0.0319. The van der Waals surface area contributed by atoms with Crippen LogP contribution in [0.1, 0.15) is 18.1 Å². The first-order valence-corrected chi connectivity index (χ1v) is 9.42. The number of hydrogen-bond acceptors (Lipinski definition) is 4. The lowest BCUT2D eigenvalue weighted by molar-refractivity contribution is -0.119. The fourth-order valence-corrected chi connectivity index (χ4v) is 3.19. The van der Waals surface area contributed by atoms with E-state index in [4.69, 9.17) is 9.47 Å². The number of hydrogen-bond donors (Lipinski definition) is 1. The molecular formula is C20H25NO3S. The number of nitrogens with one attached hydrogen (secondary N) is 1. The lowest BCUT2D eigenvalue weighted by Crippen LogP contribution is -2.37. The lowest BCUT2D eigenvalue weighted by atomic mass is 10.1. The zero-order chi connectivity index (χ0) is 18.1. The Kier molecular flexibility index (Phi) is 7.67. The first-order chi connectivity index (χ1) is 12.1. The molecule has 5 heteroatoms. The molecule has 2 rings (SSSR count). The van der Waals surface area contributed by atoms with Gasteiger partial charge in [-0.2, -0.15) is 0 Å². The van der Waals surface area contributed by atoms with Crippen LogP contribution in [0.3, 0.4) is 0 Å². The van der Waals surface area contributed by atoms with Crippen LogP contribution in [0.4, 0.5) is 0 Å². The van der Waals surface area contributed by atoms with Crippen LogP contribution < -0.4 is 14.8 Å². The van der Waals surface area contributed by atoms with Gasteiger partial charge in [-0.05, 0) is 49.2 Å². The van der Waals surface area contributed by atoms with Gasteiger partial charge >= 0.3 is 0 Å². The zero-order valence-corrected chi connectivity index (χ0v) is 15.8. The number of carbonyl (C=O) groups is 1. The number of methoxy groups -OCH3 is 1. The number of benzene rings is 2. The molecule has 0 bridgehead atoms. The van der Waals surface area contributed by atoms with Crippen LogP contribution in [0.15, 0.2) is 48.5 Å². The lowest BCUT2D eigenvalue weighted by Gasteiger charge is -2.15. The second-order valence-corrected chi connectivity index (χ2v) is 6.86. The molecule has 1 unspecified atom stereocenters. The average Bonchev–Trinajstić information content (AvgIpc) is 2.62. The van der Waals surface area contributed by atoms with Gasteiger partial charge in [0.15, 0.2) is 0 Å². The van der Waals surface area contributed by atoms with E-state index >= 15 is 0 Å². The number of aryl methyl sites for hydroxylation is 1. The molecule has 4 nitrogen and oxygen atoms in total. The highest BCUT2D eigenvalue weighted by Gasteiger charge is 2.09. The molecule has 0 aromatic heterocycles. The van der Waals surface area contributed by atoms with Crippen LogP contribution in [-0.2, 0) is 10.5 Å². The Morgan fingerprint density at radius 2 is 1.80 bits per heavy atom.